The molecule has 5 heteroatoms. The van der Waals surface area contributed by atoms with Gasteiger partial charge in [-0.05, 0) is 37.5 Å². The van der Waals surface area contributed by atoms with Crippen molar-refractivity contribution in [3.8, 4) is 40.6 Å². The Kier molecular flexibility index (Phi) is 4.64. The molecular formula is C18H17N3O2. The quantitative estimate of drug-likeness (QED) is 0.261. The van der Waals surface area contributed by atoms with Crippen LogP contribution in [0.3, 0.4) is 0 Å². The maximum atomic E-state index is 9.50. The molecule has 0 bridgehead atoms. The largest absolute Gasteiger partial charge is 0.508 e. The number of nitrogens with two attached hydrogens (primary N) is 1. The van der Waals surface area contributed by atoms with Crippen LogP contribution in [-0.4, -0.2) is 20.7 Å². The number of benzene rings is 1. The average molecular weight is 307 g/mol. The SMILES string of the molecule is CC#Cc1c(-c2ccc(O)cc2)c(C#CC)n(C)c1/C(N)=N/O. The zero-order valence-corrected chi connectivity index (χ0v) is 13.2. The van der Waals surface area contributed by atoms with Crippen LogP contribution in [0.2, 0.25) is 0 Å². The molecule has 1 heterocycles. The standard InChI is InChI=1S/C18H17N3O2/c1-4-6-14-16(12-8-10-13(22)11-9-12)15(7-5-2)21(3)17(14)18(19)20-23/h8-11,22-23H,1-3H3,(H2,19,20). The fourth-order valence-corrected chi connectivity index (χ4v) is 2.45. The molecule has 2 rings (SSSR count). The number of oxime groups is 1. The van der Waals surface area contributed by atoms with E-state index in [-0.39, 0.29) is 11.6 Å². The van der Waals surface area contributed by atoms with Crippen LogP contribution in [0.15, 0.2) is 29.4 Å². The molecule has 4 N–H and O–H groups in total. The van der Waals surface area contributed by atoms with Gasteiger partial charge in [-0.1, -0.05) is 29.1 Å². The predicted molar refractivity (Wildman–Crippen MR) is 90.1 cm³/mol. The molecule has 0 saturated heterocycles. The molecule has 0 fully saturated rings. The van der Waals surface area contributed by atoms with Gasteiger partial charge in [0.2, 0.25) is 0 Å². The van der Waals surface area contributed by atoms with Crippen molar-refractivity contribution in [1.29, 1.82) is 0 Å². The van der Waals surface area contributed by atoms with Gasteiger partial charge in [0.25, 0.3) is 0 Å². The molecule has 0 unspecified atom stereocenters. The van der Waals surface area contributed by atoms with Crippen molar-refractivity contribution in [1.82, 2.24) is 4.57 Å². The van der Waals surface area contributed by atoms with E-state index in [0.29, 0.717) is 17.0 Å². The number of phenolic OH excluding ortho intramolecular Hbond substituents is 1. The minimum Gasteiger partial charge on any atom is -0.508 e. The van der Waals surface area contributed by atoms with E-state index in [4.69, 9.17) is 10.9 Å². The van der Waals surface area contributed by atoms with Gasteiger partial charge in [0.1, 0.15) is 17.1 Å². The minimum absolute atomic E-state index is 0.0329. The van der Waals surface area contributed by atoms with Crippen molar-refractivity contribution < 1.29 is 10.3 Å². The maximum Gasteiger partial charge on any atom is 0.188 e. The molecular weight excluding hydrogens is 290 g/mol. The van der Waals surface area contributed by atoms with Gasteiger partial charge < -0.3 is 20.6 Å². The van der Waals surface area contributed by atoms with E-state index in [9.17, 15) is 5.11 Å². The molecule has 2 aromatic rings. The van der Waals surface area contributed by atoms with Crippen molar-refractivity contribution in [2.24, 2.45) is 17.9 Å². The fourth-order valence-electron chi connectivity index (χ4n) is 2.45. The first-order chi connectivity index (χ1) is 11.0. The Morgan fingerprint density at radius 1 is 1.13 bits per heavy atom. The number of phenols is 1. The highest BCUT2D eigenvalue weighted by atomic mass is 16.4. The van der Waals surface area contributed by atoms with Gasteiger partial charge in [0.05, 0.1) is 5.56 Å². The van der Waals surface area contributed by atoms with Gasteiger partial charge in [-0.2, -0.15) is 0 Å². The number of hydrogen-bond acceptors (Lipinski definition) is 3. The third kappa shape index (κ3) is 2.86. The van der Waals surface area contributed by atoms with Gasteiger partial charge in [-0.15, -0.1) is 5.92 Å². The first-order valence-corrected chi connectivity index (χ1v) is 6.90. The van der Waals surface area contributed by atoms with Gasteiger partial charge in [-0.3, -0.25) is 0 Å². The van der Waals surface area contributed by atoms with Crippen LogP contribution in [0, 0.1) is 23.7 Å². The van der Waals surface area contributed by atoms with Crippen molar-refractivity contribution in [3.63, 3.8) is 0 Å². The lowest BCUT2D eigenvalue weighted by Gasteiger charge is -2.03. The van der Waals surface area contributed by atoms with E-state index < -0.39 is 0 Å². The first kappa shape index (κ1) is 16.1. The fraction of sp³-hybridized carbons (Fsp3) is 0.167. The summed E-state index contributed by atoms with van der Waals surface area (Å²) in [5, 5.41) is 21.7. The number of aromatic hydroxyl groups is 1. The molecule has 0 atom stereocenters. The second kappa shape index (κ2) is 6.64. The highest BCUT2D eigenvalue weighted by molar-refractivity contribution is 6.01. The smallest absolute Gasteiger partial charge is 0.188 e. The van der Waals surface area contributed by atoms with Crippen LogP contribution in [-0.2, 0) is 7.05 Å². The molecule has 0 radical (unpaired) electrons. The Morgan fingerprint density at radius 3 is 2.26 bits per heavy atom. The molecule has 0 saturated carbocycles. The van der Waals surface area contributed by atoms with E-state index in [2.05, 4.69) is 28.8 Å². The zero-order chi connectivity index (χ0) is 17.0. The lowest BCUT2D eigenvalue weighted by molar-refractivity contribution is 0.318. The van der Waals surface area contributed by atoms with Crippen LogP contribution < -0.4 is 5.73 Å². The Labute approximate surface area is 135 Å². The third-order valence-corrected chi connectivity index (χ3v) is 3.39. The second-order valence-corrected chi connectivity index (χ2v) is 4.79. The molecule has 0 aliphatic rings. The number of rotatable bonds is 2. The summed E-state index contributed by atoms with van der Waals surface area (Å²) in [6, 6.07) is 6.75. The summed E-state index contributed by atoms with van der Waals surface area (Å²) in [5.41, 5.74) is 9.30. The Balaban J connectivity index is 2.93. The summed E-state index contributed by atoms with van der Waals surface area (Å²) in [6.07, 6.45) is 0. The normalized spacial score (nSPS) is 10.5. The topological polar surface area (TPSA) is 83.8 Å². The van der Waals surface area contributed by atoms with Crippen molar-refractivity contribution in [2.75, 3.05) is 0 Å². The van der Waals surface area contributed by atoms with Crippen LogP contribution >= 0.6 is 0 Å². The maximum absolute atomic E-state index is 9.50. The van der Waals surface area contributed by atoms with Crippen LogP contribution in [0.25, 0.3) is 11.1 Å². The number of amidine groups is 1. The molecule has 5 nitrogen and oxygen atoms in total. The number of aromatic nitrogens is 1. The van der Waals surface area contributed by atoms with Crippen molar-refractivity contribution >= 4 is 5.84 Å². The molecule has 1 aromatic heterocycles. The Morgan fingerprint density at radius 2 is 1.74 bits per heavy atom. The van der Waals surface area contributed by atoms with Gasteiger partial charge in [0.15, 0.2) is 5.84 Å². The number of nitrogens with zero attached hydrogens (tertiary/aromatic N) is 2. The summed E-state index contributed by atoms with van der Waals surface area (Å²) in [7, 11) is 1.79. The summed E-state index contributed by atoms with van der Waals surface area (Å²) in [4.78, 5) is 0. The predicted octanol–water partition coefficient (Wildman–Crippen LogP) is 2.23. The highest BCUT2D eigenvalue weighted by Crippen LogP contribution is 2.32. The third-order valence-electron chi connectivity index (χ3n) is 3.39. The minimum atomic E-state index is -0.0329. The molecule has 23 heavy (non-hydrogen) atoms. The first-order valence-electron chi connectivity index (χ1n) is 6.90. The van der Waals surface area contributed by atoms with Crippen LogP contribution in [0.4, 0.5) is 0 Å². The van der Waals surface area contributed by atoms with Crippen molar-refractivity contribution in [2.45, 2.75) is 13.8 Å². The lowest BCUT2D eigenvalue weighted by Crippen LogP contribution is -2.18. The monoisotopic (exact) mass is 307 g/mol. The van der Waals surface area contributed by atoms with Gasteiger partial charge in [0, 0.05) is 12.6 Å². The molecule has 1 aromatic carbocycles. The summed E-state index contributed by atoms with van der Waals surface area (Å²) >= 11 is 0. The number of hydrogen-bond donors (Lipinski definition) is 3. The highest BCUT2D eigenvalue weighted by Gasteiger charge is 2.22. The van der Waals surface area contributed by atoms with E-state index in [0.717, 1.165) is 11.1 Å². The molecule has 0 amide bonds. The molecule has 0 aliphatic carbocycles. The van der Waals surface area contributed by atoms with E-state index in [1.807, 2.05) is 0 Å². The summed E-state index contributed by atoms with van der Waals surface area (Å²) < 4.78 is 1.76. The lowest BCUT2D eigenvalue weighted by atomic mass is 9.99. The van der Waals surface area contributed by atoms with Crippen LogP contribution in [0.1, 0.15) is 30.8 Å². The summed E-state index contributed by atoms with van der Waals surface area (Å²) in [5.74, 6) is 11.9. The molecule has 0 spiro atoms. The van der Waals surface area contributed by atoms with Gasteiger partial charge in [-0.25, -0.2) is 0 Å². The Bertz CT molecular complexity index is 883. The van der Waals surface area contributed by atoms with Crippen molar-refractivity contribution in [3.05, 3.63) is 41.2 Å². The van der Waals surface area contributed by atoms with E-state index in [1.165, 1.54) is 0 Å². The summed E-state index contributed by atoms with van der Waals surface area (Å²) in [6.45, 7) is 3.46. The Hall–Kier alpha value is -3.31. The average Bonchev–Trinajstić information content (AvgIpc) is 2.81. The van der Waals surface area contributed by atoms with E-state index >= 15 is 0 Å². The van der Waals surface area contributed by atoms with E-state index in [1.54, 1.807) is 49.7 Å². The van der Waals surface area contributed by atoms with Crippen LogP contribution in [0.5, 0.6) is 5.75 Å². The zero-order valence-electron chi connectivity index (χ0n) is 13.2. The molecule has 0 aliphatic heterocycles. The van der Waals surface area contributed by atoms with Gasteiger partial charge >= 0.3 is 0 Å². The second-order valence-electron chi connectivity index (χ2n) is 4.79. The molecule has 116 valence electrons.